The van der Waals surface area contributed by atoms with Crippen LogP contribution in [0.5, 0.6) is 0 Å². The highest BCUT2D eigenvalue weighted by molar-refractivity contribution is 7.98. The third-order valence-electron chi connectivity index (χ3n) is 2.92. The second-order valence-electron chi connectivity index (χ2n) is 5.39. The third-order valence-corrected chi connectivity index (χ3v) is 3.92. The van der Waals surface area contributed by atoms with Crippen LogP contribution in [0, 0.1) is 12.8 Å². The minimum atomic E-state index is -0.166. The molecule has 4 nitrogen and oxygen atoms in total. The monoisotopic (exact) mass is 291 g/mol. The third kappa shape index (κ3) is 4.35. The Bertz CT molecular complexity index is 536. The summed E-state index contributed by atoms with van der Waals surface area (Å²) in [7, 11) is 0. The van der Waals surface area contributed by atoms with Gasteiger partial charge in [-0.25, -0.2) is 0 Å². The number of hydrogen-bond acceptors (Lipinski definition) is 5. The first-order valence-corrected chi connectivity index (χ1v) is 7.80. The first-order valence-electron chi connectivity index (χ1n) is 6.82. The lowest BCUT2D eigenvalue weighted by atomic mass is 10.0. The quantitative estimate of drug-likeness (QED) is 0.822. The lowest BCUT2D eigenvalue weighted by Crippen LogP contribution is -2.13. The van der Waals surface area contributed by atoms with E-state index in [1.807, 2.05) is 0 Å². The van der Waals surface area contributed by atoms with Crippen LogP contribution in [0.1, 0.15) is 43.6 Å². The lowest BCUT2D eigenvalue weighted by molar-refractivity contribution is 0.333. The summed E-state index contributed by atoms with van der Waals surface area (Å²) in [4.78, 5) is 5.57. The van der Waals surface area contributed by atoms with Gasteiger partial charge in [-0.2, -0.15) is 4.98 Å². The molecule has 0 bridgehead atoms. The fourth-order valence-electron chi connectivity index (χ4n) is 1.87. The van der Waals surface area contributed by atoms with E-state index in [9.17, 15) is 0 Å². The molecule has 5 heteroatoms. The van der Waals surface area contributed by atoms with Crippen LogP contribution in [0.4, 0.5) is 0 Å². The number of benzene rings is 1. The van der Waals surface area contributed by atoms with Crippen molar-refractivity contribution >= 4 is 11.8 Å². The van der Waals surface area contributed by atoms with Gasteiger partial charge in [0.15, 0.2) is 5.82 Å². The number of aromatic nitrogens is 2. The van der Waals surface area contributed by atoms with Crippen molar-refractivity contribution in [3.8, 4) is 0 Å². The standard InChI is InChI=1S/C15H21N3OS/c1-10(2)8-13(16)15-17-14(18-19-15)9-20-12-6-4-11(3)5-7-12/h4-7,10,13H,8-9,16H2,1-3H3. The minimum absolute atomic E-state index is 0.166. The Hall–Kier alpha value is -1.33. The van der Waals surface area contributed by atoms with Gasteiger partial charge in [-0.15, -0.1) is 11.8 Å². The first kappa shape index (κ1) is 15.1. The van der Waals surface area contributed by atoms with Crippen LogP contribution in [-0.2, 0) is 5.75 Å². The Morgan fingerprint density at radius 2 is 1.95 bits per heavy atom. The van der Waals surface area contributed by atoms with Gasteiger partial charge >= 0.3 is 0 Å². The molecule has 108 valence electrons. The number of nitrogens with two attached hydrogens (primary N) is 1. The molecular formula is C15H21N3OS. The summed E-state index contributed by atoms with van der Waals surface area (Å²) < 4.78 is 5.24. The second-order valence-corrected chi connectivity index (χ2v) is 6.44. The lowest BCUT2D eigenvalue weighted by Gasteiger charge is -2.08. The van der Waals surface area contributed by atoms with Gasteiger partial charge in [0, 0.05) is 4.90 Å². The summed E-state index contributed by atoms with van der Waals surface area (Å²) in [5.41, 5.74) is 7.29. The fraction of sp³-hybridized carbons (Fsp3) is 0.467. The summed E-state index contributed by atoms with van der Waals surface area (Å²) >= 11 is 1.70. The van der Waals surface area contributed by atoms with E-state index in [0.29, 0.717) is 23.4 Å². The molecule has 1 heterocycles. The summed E-state index contributed by atoms with van der Waals surface area (Å²) in [6, 6.07) is 8.24. The molecule has 2 N–H and O–H groups in total. The molecule has 0 radical (unpaired) electrons. The molecule has 2 rings (SSSR count). The van der Waals surface area contributed by atoms with Gasteiger partial charge in [-0.1, -0.05) is 36.7 Å². The molecule has 0 saturated carbocycles. The van der Waals surface area contributed by atoms with Crippen molar-refractivity contribution in [1.29, 1.82) is 0 Å². The maximum absolute atomic E-state index is 6.03. The zero-order valence-corrected chi connectivity index (χ0v) is 13.0. The number of nitrogens with zero attached hydrogens (tertiary/aromatic N) is 2. The predicted octanol–water partition coefficient (Wildman–Crippen LogP) is 3.72. The van der Waals surface area contributed by atoms with Crippen LogP contribution in [0.15, 0.2) is 33.7 Å². The Morgan fingerprint density at radius 1 is 1.25 bits per heavy atom. The molecule has 0 aliphatic carbocycles. The molecule has 1 atom stereocenters. The molecule has 0 spiro atoms. The highest BCUT2D eigenvalue weighted by Crippen LogP contribution is 2.23. The Kier molecular flexibility index (Phi) is 5.20. The normalized spacial score (nSPS) is 12.8. The maximum atomic E-state index is 6.03. The average molecular weight is 291 g/mol. The summed E-state index contributed by atoms with van der Waals surface area (Å²) in [5, 5.41) is 3.99. The second kappa shape index (κ2) is 6.90. The summed E-state index contributed by atoms with van der Waals surface area (Å²) in [6.45, 7) is 6.34. The van der Waals surface area contributed by atoms with Gasteiger partial charge in [0.05, 0.1) is 11.8 Å². The van der Waals surface area contributed by atoms with E-state index in [-0.39, 0.29) is 6.04 Å². The highest BCUT2D eigenvalue weighted by Gasteiger charge is 2.16. The van der Waals surface area contributed by atoms with Gasteiger partial charge in [-0.05, 0) is 31.4 Å². The molecule has 1 unspecified atom stereocenters. The molecule has 0 aliphatic heterocycles. The number of aryl methyl sites for hydroxylation is 1. The van der Waals surface area contributed by atoms with Crippen LogP contribution < -0.4 is 5.73 Å². The zero-order chi connectivity index (χ0) is 14.5. The van der Waals surface area contributed by atoms with Crippen molar-refractivity contribution in [3.63, 3.8) is 0 Å². The van der Waals surface area contributed by atoms with E-state index in [2.05, 4.69) is 55.2 Å². The van der Waals surface area contributed by atoms with Crippen molar-refractivity contribution in [2.45, 2.75) is 43.9 Å². The minimum Gasteiger partial charge on any atom is -0.338 e. The number of hydrogen-bond donors (Lipinski definition) is 1. The van der Waals surface area contributed by atoms with Gasteiger partial charge in [0.1, 0.15) is 0 Å². The molecule has 0 fully saturated rings. The zero-order valence-electron chi connectivity index (χ0n) is 12.2. The molecule has 20 heavy (non-hydrogen) atoms. The average Bonchev–Trinajstić information content (AvgIpc) is 2.86. The Balaban J connectivity index is 1.91. The van der Waals surface area contributed by atoms with Crippen molar-refractivity contribution in [3.05, 3.63) is 41.5 Å². The van der Waals surface area contributed by atoms with E-state index in [1.165, 1.54) is 10.5 Å². The van der Waals surface area contributed by atoms with Crippen molar-refractivity contribution < 1.29 is 4.52 Å². The van der Waals surface area contributed by atoms with E-state index in [1.54, 1.807) is 11.8 Å². The van der Waals surface area contributed by atoms with Crippen LogP contribution in [0.2, 0.25) is 0 Å². The number of rotatable bonds is 6. The van der Waals surface area contributed by atoms with E-state index in [4.69, 9.17) is 10.3 Å². The largest absolute Gasteiger partial charge is 0.338 e. The summed E-state index contributed by atoms with van der Waals surface area (Å²) in [6.07, 6.45) is 0.854. The smallest absolute Gasteiger partial charge is 0.243 e. The van der Waals surface area contributed by atoms with Crippen molar-refractivity contribution in [2.75, 3.05) is 0 Å². The SMILES string of the molecule is Cc1ccc(SCc2noc(C(N)CC(C)C)n2)cc1. The summed E-state index contributed by atoms with van der Waals surface area (Å²) in [5.74, 6) is 2.45. The van der Waals surface area contributed by atoms with E-state index >= 15 is 0 Å². The van der Waals surface area contributed by atoms with Crippen molar-refractivity contribution in [1.82, 2.24) is 10.1 Å². The van der Waals surface area contributed by atoms with Gasteiger partial charge in [0.2, 0.25) is 5.89 Å². The van der Waals surface area contributed by atoms with Gasteiger partial charge in [0.25, 0.3) is 0 Å². The molecule has 1 aromatic carbocycles. The first-order chi connectivity index (χ1) is 9.54. The molecule has 2 aromatic rings. The van der Waals surface area contributed by atoms with E-state index < -0.39 is 0 Å². The fourth-order valence-corrected chi connectivity index (χ4v) is 2.61. The molecule has 0 aliphatic rings. The van der Waals surface area contributed by atoms with Gasteiger partial charge < -0.3 is 10.3 Å². The molecule has 1 aromatic heterocycles. The van der Waals surface area contributed by atoms with Crippen LogP contribution in [0.3, 0.4) is 0 Å². The Morgan fingerprint density at radius 3 is 2.60 bits per heavy atom. The van der Waals surface area contributed by atoms with Crippen LogP contribution in [-0.4, -0.2) is 10.1 Å². The molecular weight excluding hydrogens is 270 g/mol. The van der Waals surface area contributed by atoms with Crippen molar-refractivity contribution in [2.24, 2.45) is 11.7 Å². The maximum Gasteiger partial charge on any atom is 0.243 e. The van der Waals surface area contributed by atoms with Crippen LogP contribution >= 0.6 is 11.8 Å². The topological polar surface area (TPSA) is 64.9 Å². The van der Waals surface area contributed by atoms with Gasteiger partial charge in [-0.3, -0.25) is 0 Å². The van der Waals surface area contributed by atoms with E-state index in [0.717, 1.165) is 6.42 Å². The Labute approximate surface area is 124 Å². The number of thioether (sulfide) groups is 1. The predicted molar refractivity (Wildman–Crippen MR) is 81.4 cm³/mol. The van der Waals surface area contributed by atoms with Crippen LogP contribution in [0.25, 0.3) is 0 Å². The molecule has 0 saturated heterocycles. The highest BCUT2D eigenvalue weighted by atomic mass is 32.2. The molecule has 0 amide bonds.